The lowest BCUT2D eigenvalue weighted by Crippen LogP contribution is -2.36. The minimum atomic E-state index is 0.139. The highest BCUT2D eigenvalue weighted by molar-refractivity contribution is 5.29. The quantitative estimate of drug-likeness (QED) is 0.781. The lowest BCUT2D eigenvalue weighted by Gasteiger charge is -2.28. The molecule has 1 aromatic rings. The molecule has 2 unspecified atom stereocenters. The zero-order valence-electron chi connectivity index (χ0n) is 12.3. The normalized spacial score (nSPS) is 18.3. The fourth-order valence-corrected chi connectivity index (χ4v) is 2.63. The summed E-state index contributed by atoms with van der Waals surface area (Å²) in [6, 6.07) is 0.139. The van der Waals surface area contributed by atoms with E-state index in [9.17, 15) is 0 Å². The van der Waals surface area contributed by atoms with Crippen LogP contribution >= 0.6 is 0 Å². The minimum Gasteiger partial charge on any atom is -0.493 e. The fourth-order valence-electron chi connectivity index (χ4n) is 2.63. The first-order valence-electron chi connectivity index (χ1n) is 7.05. The molecule has 5 nitrogen and oxygen atoms in total. The minimum absolute atomic E-state index is 0.139. The molecule has 0 spiro atoms. The first-order valence-corrected chi connectivity index (χ1v) is 7.05. The molecular weight excluding hydrogens is 242 g/mol. The van der Waals surface area contributed by atoms with Gasteiger partial charge in [-0.1, -0.05) is 6.92 Å². The van der Waals surface area contributed by atoms with Crippen molar-refractivity contribution in [3.8, 4) is 5.75 Å². The molecule has 0 aliphatic heterocycles. The standard InChI is InChI=1S/C14H25N3O2/c1-5-8-15-12(14(19-4)10-6-7-10)13-11(18-3)9-16-17(13)2/h9-10,12,14-15H,5-8H2,1-4H3. The summed E-state index contributed by atoms with van der Waals surface area (Å²) in [5.74, 6) is 1.48. The second-order valence-corrected chi connectivity index (χ2v) is 5.19. The number of ether oxygens (including phenoxy) is 2. The molecular formula is C14H25N3O2. The van der Waals surface area contributed by atoms with Crippen LogP contribution in [0, 0.1) is 5.92 Å². The van der Waals surface area contributed by atoms with Gasteiger partial charge in [0.15, 0.2) is 5.75 Å². The van der Waals surface area contributed by atoms with E-state index in [4.69, 9.17) is 9.47 Å². The molecule has 1 saturated carbocycles. The number of rotatable bonds is 8. The van der Waals surface area contributed by atoms with Crippen molar-refractivity contribution in [2.24, 2.45) is 13.0 Å². The second-order valence-electron chi connectivity index (χ2n) is 5.19. The molecule has 1 aliphatic carbocycles. The maximum absolute atomic E-state index is 5.75. The molecule has 1 aromatic heterocycles. The van der Waals surface area contributed by atoms with Gasteiger partial charge in [0.25, 0.3) is 0 Å². The van der Waals surface area contributed by atoms with Gasteiger partial charge < -0.3 is 14.8 Å². The highest BCUT2D eigenvalue weighted by Crippen LogP contribution is 2.41. The predicted molar refractivity (Wildman–Crippen MR) is 74.3 cm³/mol. The summed E-state index contributed by atoms with van der Waals surface area (Å²) in [5, 5.41) is 7.90. The van der Waals surface area contributed by atoms with Crippen LogP contribution in [0.4, 0.5) is 0 Å². The maximum atomic E-state index is 5.75. The van der Waals surface area contributed by atoms with Gasteiger partial charge in [-0.25, -0.2) is 0 Å². The van der Waals surface area contributed by atoms with Crippen molar-refractivity contribution in [1.82, 2.24) is 15.1 Å². The number of aromatic nitrogens is 2. The van der Waals surface area contributed by atoms with E-state index in [0.717, 1.165) is 24.4 Å². The molecule has 1 fully saturated rings. The summed E-state index contributed by atoms with van der Waals surface area (Å²) in [7, 11) is 5.45. The lowest BCUT2D eigenvalue weighted by molar-refractivity contribution is 0.0475. The van der Waals surface area contributed by atoms with Gasteiger partial charge in [0, 0.05) is 14.2 Å². The van der Waals surface area contributed by atoms with Crippen LogP contribution in [0.5, 0.6) is 5.75 Å². The Hall–Kier alpha value is -1.07. The van der Waals surface area contributed by atoms with Crippen LogP contribution in [0.25, 0.3) is 0 Å². The molecule has 0 bridgehead atoms. The van der Waals surface area contributed by atoms with Crippen LogP contribution in [0.3, 0.4) is 0 Å². The van der Waals surface area contributed by atoms with Gasteiger partial charge >= 0.3 is 0 Å². The topological polar surface area (TPSA) is 48.3 Å². The molecule has 1 aliphatic rings. The van der Waals surface area contributed by atoms with E-state index in [-0.39, 0.29) is 12.1 Å². The number of hydrogen-bond donors (Lipinski definition) is 1. The van der Waals surface area contributed by atoms with Crippen molar-refractivity contribution in [2.45, 2.75) is 38.3 Å². The Balaban J connectivity index is 2.26. The largest absolute Gasteiger partial charge is 0.493 e. The fraction of sp³-hybridized carbons (Fsp3) is 0.786. The average Bonchev–Trinajstić information content (AvgIpc) is 3.18. The smallest absolute Gasteiger partial charge is 0.161 e. The molecule has 0 aromatic carbocycles. The van der Waals surface area contributed by atoms with Crippen LogP contribution in [0.2, 0.25) is 0 Å². The van der Waals surface area contributed by atoms with E-state index in [2.05, 4.69) is 17.3 Å². The van der Waals surface area contributed by atoms with E-state index in [1.807, 2.05) is 11.7 Å². The number of hydrogen-bond acceptors (Lipinski definition) is 4. The van der Waals surface area contributed by atoms with Crippen molar-refractivity contribution in [1.29, 1.82) is 0 Å². The monoisotopic (exact) mass is 267 g/mol. The van der Waals surface area contributed by atoms with Crippen molar-refractivity contribution in [3.63, 3.8) is 0 Å². The van der Waals surface area contributed by atoms with Crippen LogP contribution in [0.15, 0.2) is 6.20 Å². The number of methoxy groups -OCH3 is 2. The van der Waals surface area contributed by atoms with E-state index < -0.39 is 0 Å². The average molecular weight is 267 g/mol. The Morgan fingerprint density at radius 2 is 2.21 bits per heavy atom. The first-order chi connectivity index (χ1) is 9.22. The number of nitrogens with zero attached hydrogens (tertiary/aromatic N) is 2. The Kier molecular flexibility index (Phi) is 4.82. The maximum Gasteiger partial charge on any atom is 0.161 e. The molecule has 108 valence electrons. The molecule has 1 heterocycles. The van der Waals surface area contributed by atoms with Gasteiger partial charge in [-0.15, -0.1) is 0 Å². The van der Waals surface area contributed by atoms with Crippen LogP contribution < -0.4 is 10.1 Å². The Labute approximate surface area is 115 Å². The molecule has 0 amide bonds. The highest BCUT2D eigenvalue weighted by Gasteiger charge is 2.39. The predicted octanol–water partition coefficient (Wildman–Crippen LogP) is 1.89. The zero-order chi connectivity index (χ0) is 13.8. The molecule has 0 radical (unpaired) electrons. The van der Waals surface area contributed by atoms with Crippen molar-refractivity contribution in [3.05, 3.63) is 11.9 Å². The number of nitrogens with one attached hydrogen (secondary N) is 1. The van der Waals surface area contributed by atoms with Crippen LogP contribution in [0.1, 0.15) is 37.9 Å². The van der Waals surface area contributed by atoms with Crippen molar-refractivity contribution >= 4 is 0 Å². The molecule has 1 N–H and O–H groups in total. The van der Waals surface area contributed by atoms with Gasteiger partial charge in [0.05, 0.1) is 31.1 Å². The summed E-state index contributed by atoms with van der Waals surface area (Å²) in [5.41, 5.74) is 1.08. The summed E-state index contributed by atoms with van der Waals surface area (Å²) < 4.78 is 13.1. The summed E-state index contributed by atoms with van der Waals surface area (Å²) in [6.45, 7) is 3.13. The molecule has 2 atom stereocenters. The summed E-state index contributed by atoms with van der Waals surface area (Å²) in [4.78, 5) is 0. The van der Waals surface area contributed by atoms with Gasteiger partial charge in [-0.3, -0.25) is 4.68 Å². The Morgan fingerprint density at radius 3 is 2.74 bits per heavy atom. The third-order valence-electron chi connectivity index (χ3n) is 3.77. The number of aryl methyl sites for hydroxylation is 1. The molecule has 5 heteroatoms. The van der Waals surface area contributed by atoms with E-state index in [1.54, 1.807) is 20.4 Å². The van der Waals surface area contributed by atoms with Crippen molar-refractivity contribution in [2.75, 3.05) is 20.8 Å². The molecule has 2 rings (SSSR count). The first kappa shape index (κ1) is 14.3. The lowest BCUT2D eigenvalue weighted by atomic mass is 10.0. The Bertz CT molecular complexity index is 401. The van der Waals surface area contributed by atoms with E-state index in [0.29, 0.717) is 5.92 Å². The van der Waals surface area contributed by atoms with Crippen molar-refractivity contribution < 1.29 is 9.47 Å². The SMILES string of the molecule is CCCNC(c1c(OC)cnn1C)C(OC)C1CC1. The third kappa shape index (κ3) is 3.09. The zero-order valence-corrected chi connectivity index (χ0v) is 12.3. The van der Waals surface area contributed by atoms with Gasteiger partial charge in [0.2, 0.25) is 0 Å². The Morgan fingerprint density at radius 1 is 1.47 bits per heavy atom. The third-order valence-corrected chi connectivity index (χ3v) is 3.77. The van der Waals surface area contributed by atoms with Gasteiger partial charge in [-0.05, 0) is 31.7 Å². The summed E-state index contributed by atoms with van der Waals surface area (Å²) in [6.07, 6.45) is 5.56. The van der Waals surface area contributed by atoms with Gasteiger partial charge in [-0.2, -0.15) is 5.10 Å². The second kappa shape index (κ2) is 6.39. The summed E-state index contributed by atoms with van der Waals surface area (Å²) >= 11 is 0. The van der Waals surface area contributed by atoms with Gasteiger partial charge in [0.1, 0.15) is 0 Å². The molecule has 19 heavy (non-hydrogen) atoms. The van der Waals surface area contributed by atoms with Crippen LogP contribution in [-0.2, 0) is 11.8 Å². The van der Waals surface area contributed by atoms with E-state index >= 15 is 0 Å². The van der Waals surface area contributed by atoms with E-state index in [1.165, 1.54) is 12.8 Å². The van der Waals surface area contributed by atoms with Crippen LogP contribution in [-0.4, -0.2) is 36.6 Å². The molecule has 0 saturated heterocycles. The highest BCUT2D eigenvalue weighted by atomic mass is 16.5.